The number of rotatable bonds is 7. The molecule has 0 saturated heterocycles. The van der Waals surface area contributed by atoms with Crippen molar-refractivity contribution in [3.63, 3.8) is 0 Å². The average Bonchev–Trinajstić information content (AvgIpc) is 2.43. The third-order valence-electron chi connectivity index (χ3n) is 4.16. The van der Waals surface area contributed by atoms with Crippen molar-refractivity contribution in [1.82, 2.24) is 5.32 Å². The number of hydrogen-bond donors (Lipinski definition) is 1. The molecule has 1 aliphatic carbocycles. The molecule has 0 bridgehead atoms. The minimum Gasteiger partial charge on any atom is -0.468 e. The standard InChI is InChI=1S/C16H31NO2S/c1-6-13(4)11-20-14-8-7-9-16(10-14,15(18)19-5)17-12(2)3/h12-14,17H,6-11H2,1-5H3. The van der Waals surface area contributed by atoms with E-state index >= 15 is 0 Å². The summed E-state index contributed by atoms with van der Waals surface area (Å²) in [6, 6.07) is 0.299. The fourth-order valence-corrected chi connectivity index (χ4v) is 4.48. The minimum atomic E-state index is -0.464. The number of carbonyl (C=O) groups is 1. The highest BCUT2D eigenvalue weighted by Crippen LogP contribution is 2.37. The van der Waals surface area contributed by atoms with Crippen LogP contribution in [0.2, 0.25) is 0 Å². The molecule has 0 radical (unpaired) electrons. The topological polar surface area (TPSA) is 38.3 Å². The molecule has 0 aromatic heterocycles. The number of methoxy groups -OCH3 is 1. The van der Waals surface area contributed by atoms with E-state index in [1.165, 1.54) is 25.7 Å². The van der Waals surface area contributed by atoms with Crippen LogP contribution < -0.4 is 5.32 Å². The predicted molar refractivity (Wildman–Crippen MR) is 87.2 cm³/mol. The van der Waals surface area contributed by atoms with Crippen LogP contribution in [0.3, 0.4) is 0 Å². The van der Waals surface area contributed by atoms with Crippen LogP contribution >= 0.6 is 11.8 Å². The van der Waals surface area contributed by atoms with Gasteiger partial charge in [0, 0.05) is 11.3 Å². The Kier molecular flexibility index (Phi) is 7.38. The molecular weight excluding hydrogens is 270 g/mol. The van der Waals surface area contributed by atoms with Gasteiger partial charge in [0.2, 0.25) is 0 Å². The molecule has 4 heteroatoms. The molecule has 1 aliphatic rings. The van der Waals surface area contributed by atoms with Crippen LogP contribution in [-0.4, -0.2) is 35.7 Å². The highest BCUT2D eigenvalue weighted by molar-refractivity contribution is 7.99. The Bertz CT molecular complexity index is 309. The Hall–Kier alpha value is -0.220. The molecule has 0 heterocycles. The molecule has 0 aromatic rings. The maximum atomic E-state index is 12.3. The normalized spacial score (nSPS) is 28.4. The summed E-state index contributed by atoms with van der Waals surface area (Å²) < 4.78 is 5.08. The third-order valence-corrected chi connectivity index (χ3v) is 5.80. The predicted octanol–water partition coefficient (Wildman–Crippen LogP) is 3.62. The van der Waals surface area contributed by atoms with Gasteiger partial charge in [0.05, 0.1) is 7.11 Å². The maximum absolute atomic E-state index is 12.3. The van der Waals surface area contributed by atoms with Gasteiger partial charge in [-0.2, -0.15) is 11.8 Å². The lowest BCUT2D eigenvalue weighted by Gasteiger charge is -2.40. The molecule has 118 valence electrons. The molecule has 1 saturated carbocycles. The molecular formula is C16H31NO2S. The summed E-state index contributed by atoms with van der Waals surface area (Å²) in [6.45, 7) is 8.74. The largest absolute Gasteiger partial charge is 0.468 e. The molecule has 3 nitrogen and oxygen atoms in total. The average molecular weight is 301 g/mol. The van der Waals surface area contributed by atoms with Crippen molar-refractivity contribution < 1.29 is 9.53 Å². The molecule has 0 aromatic carbocycles. The zero-order chi connectivity index (χ0) is 15.2. The van der Waals surface area contributed by atoms with Crippen LogP contribution in [-0.2, 0) is 9.53 Å². The van der Waals surface area contributed by atoms with Crippen molar-refractivity contribution in [3.8, 4) is 0 Å². The van der Waals surface area contributed by atoms with Crippen molar-refractivity contribution >= 4 is 17.7 Å². The van der Waals surface area contributed by atoms with Crippen molar-refractivity contribution in [2.24, 2.45) is 5.92 Å². The van der Waals surface area contributed by atoms with E-state index in [-0.39, 0.29) is 5.97 Å². The second kappa shape index (κ2) is 8.28. The smallest absolute Gasteiger partial charge is 0.326 e. The van der Waals surface area contributed by atoms with E-state index in [1.54, 1.807) is 0 Å². The lowest BCUT2D eigenvalue weighted by molar-refractivity contribution is -0.150. The van der Waals surface area contributed by atoms with Gasteiger partial charge in [-0.1, -0.05) is 20.3 Å². The first-order valence-corrected chi connectivity index (χ1v) is 8.96. The summed E-state index contributed by atoms with van der Waals surface area (Å²) in [5.74, 6) is 1.87. The van der Waals surface area contributed by atoms with Crippen molar-refractivity contribution in [3.05, 3.63) is 0 Å². The highest BCUT2D eigenvalue weighted by atomic mass is 32.2. The molecule has 1 fully saturated rings. The number of thioether (sulfide) groups is 1. The van der Waals surface area contributed by atoms with Gasteiger partial charge in [-0.15, -0.1) is 0 Å². The maximum Gasteiger partial charge on any atom is 0.326 e. The molecule has 1 rings (SSSR count). The van der Waals surface area contributed by atoms with E-state index < -0.39 is 5.54 Å². The number of ether oxygens (including phenoxy) is 1. The summed E-state index contributed by atoms with van der Waals surface area (Å²) in [6.07, 6.45) is 5.36. The third kappa shape index (κ3) is 4.96. The highest BCUT2D eigenvalue weighted by Gasteiger charge is 2.44. The lowest BCUT2D eigenvalue weighted by atomic mass is 9.81. The lowest BCUT2D eigenvalue weighted by Crippen LogP contribution is -2.58. The van der Waals surface area contributed by atoms with Gasteiger partial charge in [-0.05, 0) is 51.2 Å². The zero-order valence-electron chi connectivity index (χ0n) is 13.7. The Morgan fingerprint density at radius 3 is 2.70 bits per heavy atom. The van der Waals surface area contributed by atoms with Crippen LogP contribution in [0, 0.1) is 5.92 Å². The van der Waals surface area contributed by atoms with Gasteiger partial charge in [0.15, 0.2) is 0 Å². The van der Waals surface area contributed by atoms with E-state index in [0.717, 1.165) is 25.2 Å². The van der Waals surface area contributed by atoms with Crippen LogP contribution in [0.1, 0.15) is 59.8 Å². The first-order chi connectivity index (χ1) is 9.43. The van der Waals surface area contributed by atoms with Gasteiger partial charge < -0.3 is 4.74 Å². The molecule has 0 amide bonds. The van der Waals surface area contributed by atoms with E-state index in [2.05, 4.69) is 33.0 Å². The SMILES string of the molecule is CCC(C)CSC1CCCC(NC(C)C)(C(=O)OC)C1. The van der Waals surface area contributed by atoms with E-state index in [1.807, 2.05) is 11.8 Å². The second-order valence-electron chi connectivity index (χ2n) is 6.44. The van der Waals surface area contributed by atoms with E-state index in [9.17, 15) is 4.79 Å². The fraction of sp³-hybridized carbons (Fsp3) is 0.938. The van der Waals surface area contributed by atoms with Gasteiger partial charge in [-0.25, -0.2) is 0 Å². The summed E-state index contributed by atoms with van der Waals surface area (Å²) in [5.41, 5.74) is -0.464. The van der Waals surface area contributed by atoms with E-state index in [4.69, 9.17) is 4.74 Å². The quantitative estimate of drug-likeness (QED) is 0.729. The van der Waals surface area contributed by atoms with Gasteiger partial charge >= 0.3 is 5.97 Å². The molecule has 1 N–H and O–H groups in total. The number of hydrogen-bond acceptors (Lipinski definition) is 4. The van der Waals surface area contributed by atoms with Gasteiger partial charge in [0.1, 0.15) is 5.54 Å². The molecule has 0 spiro atoms. The number of carbonyl (C=O) groups excluding carboxylic acids is 1. The monoisotopic (exact) mass is 301 g/mol. The van der Waals surface area contributed by atoms with E-state index in [0.29, 0.717) is 11.3 Å². The number of esters is 1. The fourth-order valence-electron chi connectivity index (χ4n) is 2.91. The summed E-state index contributed by atoms with van der Waals surface area (Å²) in [7, 11) is 1.50. The Balaban J connectivity index is 2.68. The van der Waals surface area contributed by atoms with Crippen molar-refractivity contribution in [2.75, 3.05) is 12.9 Å². The summed E-state index contributed by atoms with van der Waals surface area (Å²) in [5, 5.41) is 4.06. The first-order valence-electron chi connectivity index (χ1n) is 7.91. The zero-order valence-corrected chi connectivity index (χ0v) is 14.5. The molecule has 3 atom stereocenters. The van der Waals surface area contributed by atoms with Crippen molar-refractivity contribution in [2.45, 2.75) is 76.6 Å². The molecule has 3 unspecified atom stereocenters. The molecule has 0 aliphatic heterocycles. The Morgan fingerprint density at radius 1 is 1.45 bits per heavy atom. The van der Waals surface area contributed by atoms with Gasteiger partial charge in [0.25, 0.3) is 0 Å². The molecule has 20 heavy (non-hydrogen) atoms. The first kappa shape index (κ1) is 17.8. The van der Waals surface area contributed by atoms with Crippen LogP contribution in [0.25, 0.3) is 0 Å². The summed E-state index contributed by atoms with van der Waals surface area (Å²) in [4.78, 5) is 12.3. The Morgan fingerprint density at radius 2 is 2.15 bits per heavy atom. The van der Waals surface area contributed by atoms with Crippen LogP contribution in [0.4, 0.5) is 0 Å². The number of nitrogens with one attached hydrogen (secondary N) is 1. The van der Waals surface area contributed by atoms with Crippen LogP contribution in [0.5, 0.6) is 0 Å². The Labute approximate surface area is 128 Å². The minimum absolute atomic E-state index is 0.0833. The second-order valence-corrected chi connectivity index (χ2v) is 7.77. The summed E-state index contributed by atoms with van der Waals surface area (Å²) >= 11 is 2.04. The van der Waals surface area contributed by atoms with Crippen LogP contribution in [0.15, 0.2) is 0 Å². The van der Waals surface area contributed by atoms with Gasteiger partial charge in [-0.3, -0.25) is 10.1 Å². The van der Waals surface area contributed by atoms with Crippen molar-refractivity contribution in [1.29, 1.82) is 0 Å².